The first-order chi connectivity index (χ1) is 8.04. The predicted molar refractivity (Wildman–Crippen MR) is 63.5 cm³/mol. The lowest BCUT2D eigenvalue weighted by atomic mass is 10.2. The number of carboxylic acid groups (broad SMARTS) is 1. The summed E-state index contributed by atoms with van der Waals surface area (Å²) in [5, 5.41) is 11.2. The standard InChI is InChI=1S/C11H21N3O3/c1-2-14-5-3-4-8(14)7-13-11(17)9(12)6-10(15)16/h8-9H,2-7,12H2,1H3,(H,13,17)(H,15,16). The Morgan fingerprint density at radius 2 is 2.29 bits per heavy atom. The van der Waals surface area contributed by atoms with Gasteiger partial charge in [-0.2, -0.15) is 0 Å². The first-order valence-corrected chi connectivity index (χ1v) is 6.03. The number of nitrogens with one attached hydrogen (secondary N) is 1. The molecule has 0 saturated carbocycles. The number of rotatable bonds is 6. The van der Waals surface area contributed by atoms with E-state index in [1.165, 1.54) is 0 Å². The minimum absolute atomic E-state index is 0.325. The van der Waals surface area contributed by atoms with Crippen LogP contribution in [0.1, 0.15) is 26.2 Å². The molecule has 1 fully saturated rings. The van der Waals surface area contributed by atoms with Crippen molar-refractivity contribution in [2.45, 2.75) is 38.3 Å². The van der Waals surface area contributed by atoms with Gasteiger partial charge in [-0.25, -0.2) is 0 Å². The molecule has 1 heterocycles. The molecule has 0 bridgehead atoms. The minimum Gasteiger partial charge on any atom is -0.481 e. The van der Waals surface area contributed by atoms with Crippen molar-refractivity contribution < 1.29 is 14.7 Å². The fraction of sp³-hybridized carbons (Fsp3) is 0.818. The van der Waals surface area contributed by atoms with Gasteiger partial charge in [0, 0.05) is 12.6 Å². The van der Waals surface area contributed by atoms with E-state index in [9.17, 15) is 9.59 Å². The Hall–Kier alpha value is -1.14. The normalized spacial score (nSPS) is 22.4. The van der Waals surface area contributed by atoms with Crippen molar-refractivity contribution in [1.82, 2.24) is 10.2 Å². The molecule has 98 valence electrons. The Labute approximate surface area is 101 Å². The highest BCUT2D eigenvalue weighted by Crippen LogP contribution is 2.15. The Morgan fingerprint density at radius 3 is 2.88 bits per heavy atom. The smallest absolute Gasteiger partial charge is 0.305 e. The maximum Gasteiger partial charge on any atom is 0.305 e. The second kappa shape index (κ2) is 6.56. The van der Waals surface area contributed by atoms with Crippen LogP contribution in [-0.4, -0.2) is 53.6 Å². The molecule has 1 saturated heterocycles. The fourth-order valence-electron chi connectivity index (χ4n) is 2.17. The number of nitrogens with zero attached hydrogens (tertiary/aromatic N) is 1. The molecule has 0 spiro atoms. The van der Waals surface area contributed by atoms with E-state index in [1.807, 2.05) is 0 Å². The van der Waals surface area contributed by atoms with Gasteiger partial charge in [-0.3, -0.25) is 14.5 Å². The van der Waals surface area contributed by atoms with Gasteiger partial charge in [-0.05, 0) is 25.9 Å². The zero-order valence-electron chi connectivity index (χ0n) is 10.2. The second-order valence-electron chi connectivity index (χ2n) is 4.37. The molecule has 0 aromatic heterocycles. The van der Waals surface area contributed by atoms with Crippen molar-refractivity contribution in [2.24, 2.45) is 5.73 Å². The Morgan fingerprint density at radius 1 is 1.59 bits per heavy atom. The van der Waals surface area contributed by atoms with Gasteiger partial charge in [-0.15, -0.1) is 0 Å². The fourth-order valence-corrected chi connectivity index (χ4v) is 2.17. The summed E-state index contributed by atoms with van der Waals surface area (Å²) in [6.07, 6.45) is 1.89. The van der Waals surface area contributed by atoms with E-state index >= 15 is 0 Å². The van der Waals surface area contributed by atoms with Crippen molar-refractivity contribution in [3.05, 3.63) is 0 Å². The Bertz CT molecular complexity index is 283. The summed E-state index contributed by atoms with van der Waals surface area (Å²) in [7, 11) is 0. The van der Waals surface area contributed by atoms with Crippen LogP contribution in [0.4, 0.5) is 0 Å². The first-order valence-electron chi connectivity index (χ1n) is 6.03. The highest BCUT2D eigenvalue weighted by atomic mass is 16.4. The largest absolute Gasteiger partial charge is 0.481 e. The number of nitrogens with two attached hydrogens (primary N) is 1. The van der Waals surface area contributed by atoms with Crippen LogP contribution in [0.5, 0.6) is 0 Å². The molecule has 0 aliphatic carbocycles. The lowest BCUT2D eigenvalue weighted by Crippen LogP contribution is -2.46. The number of amides is 1. The highest BCUT2D eigenvalue weighted by molar-refractivity contribution is 5.85. The van der Waals surface area contributed by atoms with Crippen LogP contribution >= 0.6 is 0 Å². The number of carbonyl (C=O) groups excluding carboxylic acids is 1. The van der Waals surface area contributed by atoms with E-state index in [0.717, 1.165) is 25.9 Å². The Kier molecular flexibility index (Phi) is 5.37. The quantitative estimate of drug-likeness (QED) is 0.578. The summed E-state index contributed by atoms with van der Waals surface area (Å²) in [5.74, 6) is -1.43. The summed E-state index contributed by atoms with van der Waals surface area (Å²) in [6.45, 7) is 4.69. The van der Waals surface area contributed by atoms with Crippen LogP contribution in [0.2, 0.25) is 0 Å². The van der Waals surface area contributed by atoms with Crippen LogP contribution < -0.4 is 11.1 Å². The molecule has 2 atom stereocenters. The van der Waals surface area contributed by atoms with Gasteiger partial charge in [0.25, 0.3) is 0 Å². The van der Waals surface area contributed by atoms with Crippen LogP contribution in [-0.2, 0) is 9.59 Å². The molecule has 6 nitrogen and oxygen atoms in total. The van der Waals surface area contributed by atoms with Crippen LogP contribution in [0.15, 0.2) is 0 Å². The molecular weight excluding hydrogens is 222 g/mol. The molecule has 1 rings (SSSR count). The average Bonchev–Trinajstić information content (AvgIpc) is 2.72. The SMILES string of the molecule is CCN1CCCC1CNC(=O)C(N)CC(=O)O. The third-order valence-electron chi connectivity index (χ3n) is 3.15. The van der Waals surface area contributed by atoms with Crippen molar-refractivity contribution >= 4 is 11.9 Å². The summed E-state index contributed by atoms with van der Waals surface area (Å²) in [6, 6.07) is -0.593. The van der Waals surface area contributed by atoms with Crippen LogP contribution in [0.25, 0.3) is 0 Å². The maximum absolute atomic E-state index is 11.5. The topological polar surface area (TPSA) is 95.7 Å². The zero-order chi connectivity index (χ0) is 12.8. The van der Waals surface area contributed by atoms with E-state index in [0.29, 0.717) is 12.6 Å². The molecule has 2 unspecified atom stereocenters. The first kappa shape index (κ1) is 13.9. The lowest BCUT2D eigenvalue weighted by Gasteiger charge is -2.23. The van der Waals surface area contributed by atoms with Crippen molar-refractivity contribution in [2.75, 3.05) is 19.6 Å². The van der Waals surface area contributed by atoms with Gasteiger partial charge < -0.3 is 16.2 Å². The maximum atomic E-state index is 11.5. The van der Waals surface area contributed by atoms with Gasteiger partial charge in [-0.1, -0.05) is 6.92 Å². The van der Waals surface area contributed by atoms with E-state index < -0.39 is 12.0 Å². The zero-order valence-corrected chi connectivity index (χ0v) is 10.2. The number of hydrogen-bond acceptors (Lipinski definition) is 4. The third-order valence-corrected chi connectivity index (χ3v) is 3.15. The molecule has 4 N–H and O–H groups in total. The van der Waals surface area contributed by atoms with E-state index in [-0.39, 0.29) is 12.3 Å². The summed E-state index contributed by atoms with van der Waals surface area (Å²) in [5.41, 5.74) is 5.46. The van der Waals surface area contributed by atoms with Crippen LogP contribution in [0, 0.1) is 0 Å². The molecule has 0 radical (unpaired) electrons. The van der Waals surface area contributed by atoms with E-state index in [1.54, 1.807) is 0 Å². The van der Waals surface area contributed by atoms with Gasteiger partial charge in [0.2, 0.25) is 5.91 Å². The molecule has 0 aromatic carbocycles. The monoisotopic (exact) mass is 243 g/mol. The number of carboxylic acids is 1. The van der Waals surface area contributed by atoms with Gasteiger partial charge in [0.05, 0.1) is 12.5 Å². The molecule has 0 aromatic rings. The summed E-state index contributed by atoms with van der Waals surface area (Å²) in [4.78, 5) is 24.2. The second-order valence-corrected chi connectivity index (χ2v) is 4.37. The molecule has 1 aliphatic heterocycles. The van der Waals surface area contributed by atoms with Crippen LogP contribution in [0.3, 0.4) is 0 Å². The molecule has 6 heteroatoms. The molecule has 17 heavy (non-hydrogen) atoms. The Balaban J connectivity index is 2.30. The number of aliphatic carboxylic acids is 1. The molecule has 1 amide bonds. The van der Waals surface area contributed by atoms with E-state index in [4.69, 9.17) is 10.8 Å². The molecule has 1 aliphatic rings. The van der Waals surface area contributed by atoms with Crippen molar-refractivity contribution in [3.63, 3.8) is 0 Å². The lowest BCUT2D eigenvalue weighted by molar-refractivity contribution is -0.139. The summed E-state index contributed by atoms with van der Waals surface area (Å²) < 4.78 is 0. The minimum atomic E-state index is -1.05. The summed E-state index contributed by atoms with van der Waals surface area (Å²) >= 11 is 0. The van der Waals surface area contributed by atoms with Crippen molar-refractivity contribution in [3.8, 4) is 0 Å². The van der Waals surface area contributed by atoms with E-state index in [2.05, 4.69) is 17.1 Å². The average molecular weight is 243 g/mol. The van der Waals surface area contributed by atoms with Crippen molar-refractivity contribution in [1.29, 1.82) is 0 Å². The third kappa shape index (κ3) is 4.32. The highest BCUT2D eigenvalue weighted by Gasteiger charge is 2.24. The molecular formula is C11H21N3O3. The number of hydrogen-bond donors (Lipinski definition) is 3. The predicted octanol–water partition coefficient (Wildman–Crippen LogP) is -0.611. The number of likely N-dealkylation sites (tertiary alicyclic amines) is 1. The van der Waals surface area contributed by atoms with Gasteiger partial charge >= 0.3 is 5.97 Å². The number of carbonyl (C=O) groups is 2. The number of likely N-dealkylation sites (N-methyl/N-ethyl adjacent to an activating group) is 1. The van der Waals surface area contributed by atoms with Gasteiger partial charge in [0.1, 0.15) is 0 Å². The van der Waals surface area contributed by atoms with Gasteiger partial charge in [0.15, 0.2) is 0 Å².